The Kier molecular flexibility index (Phi) is 6.43. The minimum absolute atomic E-state index is 0.0414. The second kappa shape index (κ2) is 9.24. The molecule has 0 saturated carbocycles. The molecule has 0 bridgehead atoms. The summed E-state index contributed by atoms with van der Waals surface area (Å²) in [4.78, 5) is 34.0. The molecule has 4 heterocycles. The molecule has 8 nitrogen and oxygen atoms in total. The number of amides is 2. The second-order valence-electron chi connectivity index (χ2n) is 8.89. The highest BCUT2D eigenvalue weighted by Crippen LogP contribution is 2.27. The molecule has 4 rings (SSSR count). The maximum absolute atomic E-state index is 12.9. The van der Waals surface area contributed by atoms with E-state index in [0.29, 0.717) is 19.0 Å². The molecule has 0 atom stereocenters. The van der Waals surface area contributed by atoms with Crippen LogP contribution < -0.4 is 4.74 Å². The zero-order chi connectivity index (χ0) is 22.0. The number of piperidine rings is 1. The molecular formula is C23H33N5O3. The van der Waals surface area contributed by atoms with Crippen molar-refractivity contribution in [1.29, 1.82) is 0 Å². The van der Waals surface area contributed by atoms with Crippen molar-refractivity contribution in [1.82, 2.24) is 24.6 Å². The number of aryl methyl sites for hydroxylation is 3. The number of hydrogen-bond donors (Lipinski definition) is 0. The number of fused-ring (bicyclic) bond motifs is 1. The van der Waals surface area contributed by atoms with E-state index in [1.54, 1.807) is 4.68 Å². The molecule has 0 aromatic carbocycles. The lowest BCUT2D eigenvalue weighted by molar-refractivity contribution is -0.141. The van der Waals surface area contributed by atoms with E-state index in [4.69, 9.17) is 4.74 Å². The standard InChI is InChI=1S/C23H33N5O3/c1-16-14-17(2)24-21-20(16)22(25-26(21)3)31-15-19(29)27-12-8-18(9-13-27)23(30)28-10-6-4-5-7-11-28/h14,18H,4-13,15H2,1-3H3. The van der Waals surface area contributed by atoms with Gasteiger partial charge < -0.3 is 14.5 Å². The summed E-state index contributed by atoms with van der Waals surface area (Å²) in [6.45, 7) is 6.88. The number of ether oxygens (including phenoxy) is 1. The predicted molar refractivity (Wildman–Crippen MR) is 118 cm³/mol. The lowest BCUT2D eigenvalue weighted by atomic mass is 9.95. The molecule has 2 fully saturated rings. The Hall–Kier alpha value is -2.64. The predicted octanol–water partition coefficient (Wildman–Crippen LogP) is 2.61. The zero-order valence-corrected chi connectivity index (χ0v) is 18.9. The van der Waals surface area contributed by atoms with Gasteiger partial charge >= 0.3 is 0 Å². The summed E-state index contributed by atoms with van der Waals surface area (Å²) in [6.07, 6.45) is 6.12. The van der Waals surface area contributed by atoms with E-state index in [2.05, 4.69) is 10.1 Å². The topological polar surface area (TPSA) is 80.6 Å². The van der Waals surface area contributed by atoms with Crippen LogP contribution in [0.5, 0.6) is 5.88 Å². The van der Waals surface area contributed by atoms with E-state index in [-0.39, 0.29) is 24.3 Å². The van der Waals surface area contributed by atoms with Gasteiger partial charge in [-0.1, -0.05) is 12.8 Å². The Morgan fingerprint density at radius 3 is 2.39 bits per heavy atom. The molecule has 2 aliphatic rings. The highest BCUT2D eigenvalue weighted by atomic mass is 16.5. The first kappa shape index (κ1) is 21.6. The monoisotopic (exact) mass is 427 g/mol. The van der Waals surface area contributed by atoms with Gasteiger partial charge in [-0.05, 0) is 51.2 Å². The number of nitrogens with zero attached hydrogens (tertiary/aromatic N) is 5. The average molecular weight is 428 g/mol. The van der Waals surface area contributed by atoms with Crippen LogP contribution in [0.2, 0.25) is 0 Å². The van der Waals surface area contributed by atoms with Crippen LogP contribution in [0.25, 0.3) is 11.0 Å². The van der Waals surface area contributed by atoms with Gasteiger partial charge in [0.05, 0.1) is 5.39 Å². The first-order chi connectivity index (χ1) is 14.9. The molecule has 2 saturated heterocycles. The Morgan fingerprint density at radius 1 is 1.03 bits per heavy atom. The normalized spacial score (nSPS) is 18.3. The first-order valence-electron chi connectivity index (χ1n) is 11.4. The number of carbonyl (C=O) groups is 2. The van der Waals surface area contributed by atoms with Crippen molar-refractivity contribution in [2.45, 2.75) is 52.4 Å². The number of aromatic nitrogens is 3. The van der Waals surface area contributed by atoms with Crippen molar-refractivity contribution in [2.75, 3.05) is 32.8 Å². The largest absolute Gasteiger partial charge is 0.466 e. The smallest absolute Gasteiger partial charge is 0.260 e. The molecule has 0 radical (unpaired) electrons. The molecule has 8 heteroatoms. The maximum Gasteiger partial charge on any atom is 0.260 e. The van der Waals surface area contributed by atoms with Gasteiger partial charge in [0.1, 0.15) is 0 Å². The molecule has 0 aliphatic carbocycles. The number of rotatable bonds is 4. The van der Waals surface area contributed by atoms with Gasteiger partial charge in [-0.15, -0.1) is 5.10 Å². The Morgan fingerprint density at radius 2 is 1.71 bits per heavy atom. The number of likely N-dealkylation sites (tertiary alicyclic amines) is 2. The van der Waals surface area contributed by atoms with E-state index in [0.717, 1.165) is 61.1 Å². The molecule has 0 unspecified atom stereocenters. The van der Waals surface area contributed by atoms with E-state index >= 15 is 0 Å². The number of pyridine rings is 1. The van der Waals surface area contributed by atoms with Gasteiger partial charge in [-0.2, -0.15) is 0 Å². The van der Waals surface area contributed by atoms with Gasteiger partial charge in [-0.25, -0.2) is 9.67 Å². The van der Waals surface area contributed by atoms with Gasteiger partial charge in [0.25, 0.3) is 5.91 Å². The molecule has 31 heavy (non-hydrogen) atoms. The van der Waals surface area contributed by atoms with Crippen molar-refractivity contribution in [3.05, 3.63) is 17.3 Å². The van der Waals surface area contributed by atoms with Crippen molar-refractivity contribution in [3.8, 4) is 5.88 Å². The Balaban J connectivity index is 1.32. The van der Waals surface area contributed by atoms with E-state index in [9.17, 15) is 9.59 Å². The first-order valence-corrected chi connectivity index (χ1v) is 11.4. The second-order valence-corrected chi connectivity index (χ2v) is 8.89. The number of carbonyl (C=O) groups excluding carboxylic acids is 2. The van der Waals surface area contributed by atoms with Gasteiger partial charge in [0, 0.05) is 44.8 Å². The Labute approximate surface area is 183 Å². The number of hydrogen-bond acceptors (Lipinski definition) is 5. The molecule has 168 valence electrons. The minimum Gasteiger partial charge on any atom is -0.466 e. The van der Waals surface area contributed by atoms with Crippen LogP contribution in [-0.2, 0) is 16.6 Å². The third kappa shape index (κ3) is 4.67. The van der Waals surface area contributed by atoms with Crippen molar-refractivity contribution in [3.63, 3.8) is 0 Å². The van der Waals surface area contributed by atoms with Gasteiger partial charge in [0.2, 0.25) is 11.8 Å². The van der Waals surface area contributed by atoms with Crippen LogP contribution in [-0.4, -0.2) is 69.2 Å². The molecule has 2 aromatic heterocycles. The third-order valence-electron chi connectivity index (χ3n) is 6.53. The highest BCUT2D eigenvalue weighted by Gasteiger charge is 2.30. The molecular weight excluding hydrogens is 394 g/mol. The van der Waals surface area contributed by atoms with Crippen molar-refractivity contribution >= 4 is 22.8 Å². The van der Waals surface area contributed by atoms with Crippen LogP contribution in [0.4, 0.5) is 0 Å². The van der Waals surface area contributed by atoms with E-state index < -0.39 is 0 Å². The summed E-state index contributed by atoms with van der Waals surface area (Å²) in [5.74, 6) is 0.711. The van der Waals surface area contributed by atoms with Crippen LogP contribution >= 0.6 is 0 Å². The quantitative estimate of drug-likeness (QED) is 0.749. The summed E-state index contributed by atoms with van der Waals surface area (Å²) in [6, 6.07) is 1.99. The lowest BCUT2D eigenvalue weighted by Crippen LogP contribution is -2.45. The van der Waals surface area contributed by atoms with E-state index in [1.165, 1.54) is 12.8 Å². The van der Waals surface area contributed by atoms with Crippen molar-refractivity contribution < 1.29 is 14.3 Å². The molecule has 2 aromatic rings. The average Bonchev–Trinajstić information content (AvgIpc) is 2.93. The summed E-state index contributed by atoms with van der Waals surface area (Å²) in [5.41, 5.74) is 2.71. The summed E-state index contributed by atoms with van der Waals surface area (Å²) >= 11 is 0. The SMILES string of the molecule is Cc1cc(C)c2c(OCC(=O)N3CCC(C(=O)N4CCCCCC4)CC3)nn(C)c2n1. The zero-order valence-electron chi connectivity index (χ0n) is 18.9. The molecule has 2 aliphatic heterocycles. The van der Waals surface area contributed by atoms with E-state index in [1.807, 2.05) is 36.8 Å². The fraction of sp³-hybridized carbons (Fsp3) is 0.652. The molecule has 0 spiro atoms. The van der Waals surface area contributed by atoms with Crippen LogP contribution in [0.3, 0.4) is 0 Å². The highest BCUT2D eigenvalue weighted by molar-refractivity contribution is 5.86. The van der Waals surface area contributed by atoms with Crippen LogP contribution in [0.1, 0.15) is 49.8 Å². The van der Waals surface area contributed by atoms with Crippen molar-refractivity contribution in [2.24, 2.45) is 13.0 Å². The summed E-state index contributed by atoms with van der Waals surface area (Å²) < 4.78 is 7.51. The summed E-state index contributed by atoms with van der Waals surface area (Å²) in [7, 11) is 1.83. The van der Waals surface area contributed by atoms with Crippen LogP contribution in [0, 0.1) is 19.8 Å². The molecule has 0 N–H and O–H groups in total. The maximum atomic E-state index is 12.9. The summed E-state index contributed by atoms with van der Waals surface area (Å²) in [5, 5.41) is 5.26. The van der Waals surface area contributed by atoms with Crippen LogP contribution in [0.15, 0.2) is 6.07 Å². The third-order valence-corrected chi connectivity index (χ3v) is 6.53. The lowest BCUT2D eigenvalue weighted by Gasteiger charge is -2.34. The Bertz CT molecular complexity index is 954. The minimum atomic E-state index is -0.0581. The molecule has 2 amide bonds. The van der Waals surface area contributed by atoms with Gasteiger partial charge in [-0.3, -0.25) is 9.59 Å². The fourth-order valence-electron chi connectivity index (χ4n) is 4.80. The van der Waals surface area contributed by atoms with Gasteiger partial charge in [0.15, 0.2) is 12.3 Å². The fourth-order valence-corrected chi connectivity index (χ4v) is 4.80.